The van der Waals surface area contributed by atoms with Gasteiger partial charge in [-0.1, -0.05) is 12.1 Å². The molecule has 1 aromatic heterocycles. The predicted octanol–water partition coefficient (Wildman–Crippen LogP) is 2.54. The van der Waals surface area contributed by atoms with Crippen LogP contribution in [0.1, 0.15) is 24.4 Å². The van der Waals surface area contributed by atoms with Gasteiger partial charge in [0.05, 0.1) is 17.9 Å². The Morgan fingerprint density at radius 2 is 2.19 bits per heavy atom. The molecule has 4 heteroatoms. The monoisotopic (exact) mass is 219 g/mol. The van der Waals surface area contributed by atoms with Gasteiger partial charge in [-0.15, -0.1) is 0 Å². The fourth-order valence-corrected chi connectivity index (χ4v) is 1.48. The lowest BCUT2D eigenvalue weighted by Crippen LogP contribution is -2.06. The number of imidazole rings is 1. The number of benzene rings is 1. The minimum absolute atomic E-state index is 0.149. The van der Waals surface area contributed by atoms with Crippen LogP contribution >= 0.6 is 0 Å². The molecule has 0 aliphatic carbocycles. The second-order valence-corrected chi connectivity index (χ2v) is 3.93. The number of hydrogen-bond acceptors (Lipinski definition) is 2. The molecule has 84 valence electrons. The van der Waals surface area contributed by atoms with E-state index in [2.05, 4.69) is 9.97 Å². The van der Waals surface area contributed by atoms with Crippen molar-refractivity contribution in [2.45, 2.75) is 19.9 Å². The van der Waals surface area contributed by atoms with Gasteiger partial charge in [-0.2, -0.15) is 0 Å². The van der Waals surface area contributed by atoms with Gasteiger partial charge in [0.2, 0.25) is 0 Å². The van der Waals surface area contributed by atoms with E-state index in [0.717, 1.165) is 11.3 Å². The molecule has 0 aliphatic heterocycles. The molecule has 2 aromatic rings. The summed E-state index contributed by atoms with van der Waals surface area (Å²) in [6.45, 7) is 3.58. The molecule has 1 unspecified atom stereocenters. The summed E-state index contributed by atoms with van der Waals surface area (Å²) < 4.78 is 13.4. The van der Waals surface area contributed by atoms with Crippen molar-refractivity contribution in [1.82, 2.24) is 9.97 Å². The average molecular weight is 219 g/mol. The van der Waals surface area contributed by atoms with E-state index < -0.39 is 0 Å². The lowest BCUT2D eigenvalue weighted by molar-refractivity contribution is 0.619. The third kappa shape index (κ3) is 1.97. The van der Waals surface area contributed by atoms with Gasteiger partial charge < -0.3 is 10.7 Å². The van der Waals surface area contributed by atoms with E-state index >= 15 is 0 Å². The molecule has 0 fully saturated rings. The number of nitrogens with two attached hydrogens (primary N) is 1. The first kappa shape index (κ1) is 10.8. The number of aromatic amines is 1. The van der Waals surface area contributed by atoms with Crippen molar-refractivity contribution in [3.05, 3.63) is 41.6 Å². The van der Waals surface area contributed by atoms with E-state index in [-0.39, 0.29) is 11.9 Å². The lowest BCUT2D eigenvalue weighted by atomic mass is 10.1. The standard InChI is InChI=1S/C12H14FN3/c1-7-3-4-9(5-10(7)13)11-6-15-12(16-11)8(2)14/h3-6,8H,14H2,1-2H3,(H,15,16). The topological polar surface area (TPSA) is 54.7 Å². The van der Waals surface area contributed by atoms with Crippen molar-refractivity contribution in [1.29, 1.82) is 0 Å². The second kappa shape index (κ2) is 4.06. The number of rotatable bonds is 2. The molecule has 0 amide bonds. The number of nitrogens with one attached hydrogen (secondary N) is 1. The summed E-state index contributed by atoms with van der Waals surface area (Å²) >= 11 is 0. The van der Waals surface area contributed by atoms with Crippen molar-refractivity contribution in [3.8, 4) is 11.3 Å². The van der Waals surface area contributed by atoms with Crippen LogP contribution in [0.2, 0.25) is 0 Å². The SMILES string of the molecule is Cc1ccc(-c2cnc(C(C)N)[nH]2)cc1F. The molecule has 1 heterocycles. The Balaban J connectivity index is 2.39. The Labute approximate surface area is 93.5 Å². The van der Waals surface area contributed by atoms with Gasteiger partial charge in [0, 0.05) is 5.56 Å². The quantitative estimate of drug-likeness (QED) is 0.815. The first-order valence-corrected chi connectivity index (χ1v) is 5.15. The van der Waals surface area contributed by atoms with Gasteiger partial charge in [0.15, 0.2) is 0 Å². The maximum atomic E-state index is 13.4. The fourth-order valence-electron chi connectivity index (χ4n) is 1.48. The molecule has 2 rings (SSSR count). The highest BCUT2D eigenvalue weighted by atomic mass is 19.1. The highest BCUT2D eigenvalue weighted by Gasteiger charge is 2.07. The van der Waals surface area contributed by atoms with Gasteiger partial charge in [0.1, 0.15) is 11.6 Å². The molecule has 0 saturated heterocycles. The van der Waals surface area contributed by atoms with Crippen LogP contribution in [0.5, 0.6) is 0 Å². The van der Waals surface area contributed by atoms with E-state index in [4.69, 9.17) is 5.73 Å². The van der Waals surface area contributed by atoms with Crippen molar-refractivity contribution < 1.29 is 4.39 Å². The summed E-state index contributed by atoms with van der Waals surface area (Å²) in [6.07, 6.45) is 1.67. The van der Waals surface area contributed by atoms with Crippen LogP contribution in [-0.2, 0) is 0 Å². The Morgan fingerprint density at radius 3 is 2.75 bits per heavy atom. The summed E-state index contributed by atoms with van der Waals surface area (Å²) in [5.74, 6) is 0.491. The van der Waals surface area contributed by atoms with Gasteiger partial charge in [-0.3, -0.25) is 0 Å². The molecule has 3 nitrogen and oxygen atoms in total. The van der Waals surface area contributed by atoms with Gasteiger partial charge in [-0.05, 0) is 25.5 Å². The zero-order chi connectivity index (χ0) is 11.7. The zero-order valence-corrected chi connectivity index (χ0v) is 9.29. The normalized spacial score (nSPS) is 12.8. The van der Waals surface area contributed by atoms with Crippen LogP contribution in [0.15, 0.2) is 24.4 Å². The van der Waals surface area contributed by atoms with Crippen molar-refractivity contribution in [2.24, 2.45) is 5.73 Å². The third-order valence-corrected chi connectivity index (χ3v) is 2.51. The maximum Gasteiger partial charge on any atom is 0.126 e. The summed E-state index contributed by atoms with van der Waals surface area (Å²) in [5, 5.41) is 0. The summed E-state index contributed by atoms with van der Waals surface area (Å²) in [7, 11) is 0. The van der Waals surface area contributed by atoms with E-state index in [1.807, 2.05) is 13.0 Å². The molecule has 1 atom stereocenters. The maximum absolute atomic E-state index is 13.4. The van der Waals surface area contributed by atoms with Crippen LogP contribution in [0.4, 0.5) is 4.39 Å². The van der Waals surface area contributed by atoms with Gasteiger partial charge in [-0.25, -0.2) is 9.37 Å². The van der Waals surface area contributed by atoms with E-state index in [9.17, 15) is 4.39 Å². The third-order valence-electron chi connectivity index (χ3n) is 2.51. The molecule has 3 N–H and O–H groups in total. The van der Waals surface area contributed by atoms with Gasteiger partial charge in [0.25, 0.3) is 0 Å². The predicted molar refractivity (Wildman–Crippen MR) is 61.3 cm³/mol. The minimum Gasteiger partial charge on any atom is -0.341 e. The molecular formula is C12H14FN3. The van der Waals surface area contributed by atoms with Crippen LogP contribution in [-0.4, -0.2) is 9.97 Å². The summed E-state index contributed by atoms with van der Waals surface area (Å²) in [6, 6.07) is 4.95. The fraction of sp³-hybridized carbons (Fsp3) is 0.250. The smallest absolute Gasteiger partial charge is 0.126 e. The molecule has 0 saturated carbocycles. The number of nitrogens with zero attached hydrogens (tertiary/aromatic N) is 1. The highest BCUT2D eigenvalue weighted by Crippen LogP contribution is 2.20. The molecule has 0 bridgehead atoms. The Morgan fingerprint density at radius 1 is 1.44 bits per heavy atom. The molecular weight excluding hydrogens is 205 g/mol. The van der Waals surface area contributed by atoms with E-state index in [0.29, 0.717) is 11.4 Å². The van der Waals surface area contributed by atoms with E-state index in [1.54, 1.807) is 19.2 Å². The summed E-state index contributed by atoms with van der Waals surface area (Å²) in [4.78, 5) is 7.21. The highest BCUT2D eigenvalue weighted by molar-refractivity contribution is 5.59. The van der Waals surface area contributed by atoms with Crippen LogP contribution in [0, 0.1) is 12.7 Å². The largest absolute Gasteiger partial charge is 0.341 e. The number of hydrogen-bond donors (Lipinski definition) is 2. The number of aryl methyl sites for hydroxylation is 1. The zero-order valence-electron chi connectivity index (χ0n) is 9.29. The first-order valence-electron chi connectivity index (χ1n) is 5.15. The van der Waals surface area contributed by atoms with Crippen molar-refractivity contribution in [3.63, 3.8) is 0 Å². The Bertz CT molecular complexity index is 503. The molecule has 1 aromatic carbocycles. The first-order chi connectivity index (χ1) is 7.58. The lowest BCUT2D eigenvalue weighted by Gasteiger charge is -2.01. The van der Waals surface area contributed by atoms with Gasteiger partial charge >= 0.3 is 0 Å². The molecule has 16 heavy (non-hydrogen) atoms. The molecule has 0 spiro atoms. The van der Waals surface area contributed by atoms with E-state index in [1.165, 1.54) is 6.07 Å². The van der Waals surface area contributed by atoms with Crippen molar-refractivity contribution in [2.75, 3.05) is 0 Å². The number of H-pyrrole nitrogens is 1. The second-order valence-electron chi connectivity index (χ2n) is 3.93. The van der Waals surface area contributed by atoms with Crippen LogP contribution < -0.4 is 5.73 Å². The molecule has 0 radical (unpaired) electrons. The Kier molecular flexibility index (Phi) is 2.75. The number of aromatic nitrogens is 2. The average Bonchev–Trinajstić information content (AvgIpc) is 2.71. The summed E-state index contributed by atoms with van der Waals surface area (Å²) in [5.41, 5.74) is 7.89. The van der Waals surface area contributed by atoms with Crippen LogP contribution in [0.25, 0.3) is 11.3 Å². The van der Waals surface area contributed by atoms with Crippen LogP contribution in [0.3, 0.4) is 0 Å². The minimum atomic E-state index is -0.213. The van der Waals surface area contributed by atoms with Crippen molar-refractivity contribution >= 4 is 0 Å². The molecule has 0 aliphatic rings. The Hall–Kier alpha value is -1.68. The number of halogens is 1.